The Bertz CT molecular complexity index is 569. The molecule has 0 heterocycles. The van der Waals surface area contributed by atoms with E-state index in [1.165, 1.54) is 24.3 Å². The highest BCUT2D eigenvalue weighted by molar-refractivity contribution is 5.94. The molecule has 4 bridgehead atoms. The van der Waals surface area contributed by atoms with E-state index in [9.17, 15) is 13.6 Å². The van der Waals surface area contributed by atoms with Gasteiger partial charge in [-0.1, -0.05) is 0 Å². The van der Waals surface area contributed by atoms with Gasteiger partial charge in [-0.25, -0.2) is 8.78 Å². The molecule has 0 saturated heterocycles. The Hall–Kier alpha value is -1.45. The second-order valence-corrected chi connectivity index (χ2v) is 7.35. The van der Waals surface area contributed by atoms with Gasteiger partial charge in [0.15, 0.2) is 0 Å². The molecule has 2 atom stereocenters. The predicted octanol–water partition coefficient (Wildman–Crippen LogP) is 3.62. The molecule has 2 nitrogen and oxygen atoms in total. The highest BCUT2D eigenvalue weighted by Gasteiger charge is 2.58. The monoisotopic (exact) mass is 291 g/mol. The van der Waals surface area contributed by atoms with Gasteiger partial charge in [0.2, 0.25) is 0 Å². The number of alkyl halides is 1. The second kappa shape index (κ2) is 4.28. The average molecular weight is 291 g/mol. The van der Waals surface area contributed by atoms with Crippen molar-refractivity contribution in [3.63, 3.8) is 0 Å². The van der Waals surface area contributed by atoms with Crippen molar-refractivity contribution in [3.8, 4) is 0 Å². The molecule has 0 spiro atoms. The zero-order chi connectivity index (χ0) is 14.7. The van der Waals surface area contributed by atoms with E-state index in [1.807, 2.05) is 0 Å². The fourth-order valence-electron chi connectivity index (χ4n) is 5.21. The number of benzene rings is 1. The zero-order valence-corrected chi connectivity index (χ0v) is 11.9. The van der Waals surface area contributed by atoms with E-state index in [4.69, 9.17) is 0 Å². The van der Waals surface area contributed by atoms with E-state index in [1.54, 1.807) is 0 Å². The Morgan fingerprint density at radius 1 is 1.10 bits per heavy atom. The van der Waals surface area contributed by atoms with E-state index >= 15 is 0 Å². The molecule has 112 valence electrons. The summed E-state index contributed by atoms with van der Waals surface area (Å²) < 4.78 is 27.8. The fraction of sp³-hybridized carbons (Fsp3) is 0.588. The van der Waals surface area contributed by atoms with E-state index in [2.05, 4.69) is 5.32 Å². The highest BCUT2D eigenvalue weighted by atomic mass is 19.1. The number of hydrogen-bond donors (Lipinski definition) is 1. The summed E-state index contributed by atoms with van der Waals surface area (Å²) in [5.74, 6) is 0.249. The molecule has 2 unspecified atom stereocenters. The van der Waals surface area contributed by atoms with Crippen LogP contribution in [0, 0.1) is 17.7 Å². The van der Waals surface area contributed by atoms with Crippen molar-refractivity contribution in [3.05, 3.63) is 35.6 Å². The summed E-state index contributed by atoms with van der Waals surface area (Å²) in [6.45, 7) is 0. The Labute approximate surface area is 122 Å². The Morgan fingerprint density at radius 3 is 2.29 bits per heavy atom. The van der Waals surface area contributed by atoms with Crippen LogP contribution in [0.1, 0.15) is 48.9 Å². The molecule has 4 aliphatic rings. The second-order valence-electron chi connectivity index (χ2n) is 7.35. The number of amides is 1. The van der Waals surface area contributed by atoms with Crippen molar-refractivity contribution in [2.24, 2.45) is 11.8 Å². The van der Waals surface area contributed by atoms with Gasteiger partial charge in [-0.05, 0) is 68.2 Å². The Morgan fingerprint density at radius 2 is 1.71 bits per heavy atom. The maximum atomic E-state index is 14.8. The van der Waals surface area contributed by atoms with Crippen LogP contribution >= 0.6 is 0 Å². The van der Waals surface area contributed by atoms with Crippen LogP contribution in [0.5, 0.6) is 0 Å². The van der Waals surface area contributed by atoms with Crippen molar-refractivity contribution in [1.82, 2.24) is 5.32 Å². The molecule has 4 heteroatoms. The smallest absolute Gasteiger partial charge is 0.251 e. The van der Waals surface area contributed by atoms with E-state index in [0.29, 0.717) is 36.7 Å². The Balaban J connectivity index is 1.56. The van der Waals surface area contributed by atoms with Gasteiger partial charge in [-0.3, -0.25) is 4.79 Å². The summed E-state index contributed by atoms with van der Waals surface area (Å²) in [6.07, 6.45) is 4.67. The topological polar surface area (TPSA) is 29.1 Å². The van der Waals surface area contributed by atoms with Crippen LogP contribution in [0.3, 0.4) is 0 Å². The van der Waals surface area contributed by atoms with Crippen LogP contribution in [-0.2, 0) is 0 Å². The van der Waals surface area contributed by atoms with Crippen LogP contribution in [-0.4, -0.2) is 17.1 Å². The number of hydrogen-bond acceptors (Lipinski definition) is 1. The minimum absolute atomic E-state index is 0.208. The van der Waals surface area contributed by atoms with Crippen LogP contribution in [0.15, 0.2) is 24.3 Å². The SMILES string of the molecule is O=C(NC12CC3CC(CC(F)(C3)C1)C2)c1ccc(F)cc1. The number of carbonyl (C=O) groups excluding carboxylic acids is 1. The highest BCUT2D eigenvalue weighted by Crippen LogP contribution is 2.59. The normalized spacial score (nSPS) is 40.3. The van der Waals surface area contributed by atoms with Gasteiger partial charge in [0.25, 0.3) is 5.91 Å². The molecule has 0 aliphatic heterocycles. The summed E-state index contributed by atoms with van der Waals surface area (Å²) in [5.41, 5.74) is -1.02. The van der Waals surface area contributed by atoms with Gasteiger partial charge in [0, 0.05) is 17.5 Å². The van der Waals surface area contributed by atoms with Crippen molar-refractivity contribution in [1.29, 1.82) is 0 Å². The van der Waals surface area contributed by atoms with Gasteiger partial charge in [0.05, 0.1) is 0 Å². The predicted molar refractivity (Wildman–Crippen MR) is 75.1 cm³/mol. The lowest BCUT2D eigenvalue weighted by Gasteiger charge is -2.59. The van der Waals surface area contributed by atoms with Crippen LogP contribution < -0.4 is 5.32 Å². The number of carbonyl (C=O) groups is 1. The molecule has 0 radical (unpaired) electrons. The van der Waals surface area contributed by atoms with Gasteiger partial charge in [-0.2, -0.15) is 0 Å². The maximum absolute atomic E-state index is 14.8. The molecule has 4 saturated carbocycles. The largest absolute Gasteiger partial charge is 0.346 e. The lowest BCUT2D eigenvalue weighted by molar-refractivity contribution is -0.0937. The summed E-state index contributed by atoms with van der Waals surface area (Å²) in [4.78, 5) is 12.4. The maximum Gasteiger partial charge on any atom is 0.251 e. The first-order valence-electron chi connectivity index (χ1n) is 7.72. The third-order valence-corrected chi connectivity index (χ3v) is 5.47. The first-order chi connectivity index (χ1) is 9.95. The molecule has 21 heavy (non-hydrogen) atoms. The molecule has 0 aromatic heterocycles. The molecule has 1 N–H and O–H groups in total. The van der Waals surface area contributed by atoms with Gasteiger partial charge in [-0.15, -0.1) is 0 Å². The summed E-state index contributed by atoms with van der Waals surface area (Å²) in [6, 6.07) is 5.53. The van der Waals surface area contributed by atoms with E-state index in [-0.39, 0.29) is 17.3 Å². The number of nitrogens with one attached hydrogen (secondary N) is 1. The van der Waals surface area contributed by atoms with Gasteiger partial charge in [0.1, 0.15) is 11.5 Å². The number of halogens is 2. The minimum atomic E-state index is -1.08. The first-order valence-corrected chi connectivity index (χ1v) is 7.72. The summed E-state index contributed by atoms with van der Waals surface area (Å²) in [7, 11) is 0. The minimum Gasteiger partial charge on any atom is -0.346 e. The fourth-order valence-corrected chi connectivity index (χ4v) is 5.21. The molecular weight excluding hydrogens is 272 g/mol. The third-order valence-electron chi connectivity index (χ3n) is 5.47. The van der Waals surface area contributed by atoms with Crippen molar-refractivity contribution < 1.29 is 13.6 Å². The van der Waals surface area contributed by atoms with Crippen LogP contribution in [0.2, 0.25) is 0 Å². The quantitative estimate of drug-likeness (QED) is 0.886. The lowest BCUT2D eigenvalue weighted by atomic mass is 9.51. The van der Waals surface area contributed by atoms with Crippen LogP contribution in [0.4, 0.5) is 8.78 Å². The molecule has 4 fully saturated rings. The molecular formula is C17H19F2NO. The molecule has 1 aromatic rings. The van der Waals surface area contributed by atoms with Gasteiger partial charge >= 0.3 is 0 Å². The standard InChI is InChI=1S/C17H19F2NO/c18-14-3-1-13(2-4-14)15(21)20-17-8-11-5-12(9-17)7-16(19,6-11)10-17/h1-4,11-12H,5-10H2,(H,20,21). The van der Waals surface area contributed by atoms with Crippen molar-refractivity contribution in [2.75, 3.05) is 0 Å². The zero-order valence-electron chi connectivity index (χ0n) is 11.9. The molecule has 1 aromatic carbocycles. The van der Waals surface area contributed by atoms with E-state index < -0.39 is 5.67 Å². The van der Waals surface area contributed by atoms with Gasteiger partial charge < -0.3 is 5.32 Å². The molecule has 4 aliphatic carbocycles. The first kappa shape index (κ1) is 13.2. The van der Waals surface area contributed by atoms with Crippen molar-refractivity contribution in [2.45, 2.75) is 49.7 Å². The van der Waals surface area contributed by atoms with E-state index in [0.717, 1.165) is 19.3 Å². The van der Waals surface area contributed by atoms with Crippen molar-refractivity contribution >= 4 is 5.91 Å². The third kappa shape index (κ3) is 2.25. The number of rotatable bonds is 2. The summed E-state index contributed by atoms with van der Waals surface area (Å²) >= 11 is 0. The lowest BCUT2D eigenvalue weighted by Crippen LogP contribution is -2.64. The molecule has 5 rings (SSSR count). The molecule has 1 amide bonds. The van der Waals surface area contributed by atoms with Crippen LogP contribution in [0.25, 0.3) is 0 Å². The average Bonchev–Trinajstić information content (AvgIpc) is 2.35. The summed E-state index contributed by atoms with van der Waals surface area (Å²) in [5, 5.41) is 3.08. The Kier molecular flexibility index (Phi) is 2.69.